The molecule has 0 spiro atoms. The van der Waals surface area contributed by atoms with Crippen LogP contribution in [-0.4, -0.2) is 35.7 Å². The topological polar surface area (TPSA) is 84.9 Å². The van der Waals surface area contributed by atoms with Gasteiger partial charge in [0, 0.05) is 17.9 Å². The van der Waals surface area contributed by atoms with Gasteiger partial charge < -0.3 is 19.9 Å². The van der Waals surface area contributed by atoms with E-state index in [1.54, 1.807) is 31.4 Å². The first kappa shape index (κ1) is 27.6. The SMILES string of the molecule is COC12CC3CC(C1)CC(C(NC(=O)c1ccc4ccccc4c1OCc1ccc(C(F)(F)F)cc1)C(=O)O)(C3)C2. The first-order valence-corrected chi connectivity index (χ1v) is 13.9. The zero-order chi connectivity index (χ0) is 29.0. The van der Waals surface area contributed by atoms with Crippen molar-refractivity contribution in [2.45, 2.75) is 63.0 Å². The Bertz CT molecular complexity index is 1470. The fourth-order valence-electron chi connectivity index (χ4n) is 8.03. The Morgan fingerprint density at radius 1 is 1.00 bits per heavy atom. The second-order valence-electron chi connectivity index (χ2n) is 12.1. The third-order valence-corrected chi connectivity index (χ3v) is 9.41. The number of carboxylic acids is 1. The van der Waals surface area contributed by atoms with Crippen molar-refractivity contribution in [1.29, 1.82) is 0 Å². The van der Waals surface area contributed by atoms with Gasteiger partial charge in [-0.05, 0) is 79.5 Å². The summed E-state index contributed by atoms with van der Waals surface area (Å²) in [6.45, 7) is -0.0710. The number of rotatable bonds is 8. The van der Waals surface area contributed by atoms with Crippen LogP contribution in [0.4, 0.5) is 13.2 Å². The van der Waals surface area contributed by atoms with Gasteiger partial charge in [0.15, 0.2) is 0 Å². The number of carbonyl (C=O) groups excluding carboxylic acids is 1. The highest BCUT2D eigenvalue weighted by Gasteiger charge is 2.62. The number of nitrogens with one attached hydrogen (secondary N) is 1. The van der Waals surface area contributed by atoms with Crippen molar-refractivity contribution < 1.29 is 37.3 Å². The van der Waals surface area contributed by atoms with Crippen molar-refractivity contribution in [2.24, 2.45) is 17.3 Å². The molecule has 4 bridgehead atoms. The summed E-state index contributed by atoms with van der Waals surface area (Å²) in [6.07, 6.45) is 0.543. The molecular weight excluding hydrogens is 535 g/mol. The van der Waals surface area contributed by atoms with Crippen LogP contribution in [0.2, 0.25) is 0 Å². The Kier molecular flexibility index (Phi) is 6.76. The molecule has 2 N–H and O–H groups in total. The highest BCUT2D eigenvalue weighted by molar-refractivity contribution is 6.05. The monoisotopic (exact) mass is 567 g/mol. The highest BCUT2D eigenvalue weighted by atomic mass is 19.4. The third kappa shape index (κ3) is 5.05. The number of methoxy groups -OCH3 is 1. The van der Waals surface area contributed by atoms with Gasteiger partial charge in [-0.2, -0.15) is 13.2 Å². The molecule has 4 fully saturated rings. The number of carboxylic acid groups (broad SMARTS) is 1. The second kappa shape index (κ2) is 10.0. The summed E-state index contributed by atoms with van der Waals surface area (Å²) in [6, 6.07) is 14.3. The quantitative estimate of drug-likeness (QED) is 0.320. The molecule has 3 atom stereocenters. The lowest BCUT2D eigenvalue weighted by Gasteiger charge is -2.62. The van der Waals surface area contributed by atoms with E-state index in [1.165, 1.54) is 12.1 Å². The van der Waals surface area contributed by atoms with E-state index in [-0.39, 0.29) is 23.5 Å². The predicted molar refractivity (Wildman–Crippen MR) is 145 cm³/mol. The lowest BCUT2D eigenvalue weighted by Crippen LogP contribution is -2.64. The number of aliphatic carboxylic acids is 1. The maximum absolute atomic E-state index is 13.8. The van der Waals surface area contributed by atoms with Crippen LogP contribution >= 0.6 is 0 Å². The molecule has 216 valence electrons. The Morgan fingerprint density at radius 2 is 1.68 bits per heavy atom. The van der Waals surface area contributed by atoms with Gasteiger partial charge in [0.2, 0.25) is 0 Å². The van der Waals surface area contributed by atoms with Gasteiger partial charge in [0.25, 0.3) is 5.91 Å². The minimum absolute atomic E-state index is 0.0710. The molecular formula is C32H32F3NO5. The fraction of sp³-hybridized carbons (Fsp3) is 0.438. The van der Waals surface area contributed by atoms with E-state index in [0.717, 1.165) is 49.6 Å². The molecule has 0 aliphatic heterocycles. The number of hydrogen-bond donors (Lipinski definition) is 2. The molecule has 3 unspecified atom stereocenters. The van der Waals surface area contributed by atoms with Crippen molar-refractivity contribution >= 4 is 22.6 Å². The zero-order valence-corrected chi connectivity index (χ0v) is 22.7. The molecule has 4 aliphatic rings. The van der Waals surface area contributed by atoms with Gasteiger partial charge in [-0.25, -0.2) is 4.79 Å². The standard InChI is InChI=1S/C32H32F3NO5/c1-40-31-15-20-12-21(16-31)14-30(13-20,18-31)27(29(38)39)36-28(37)25-11-8-22-4-2-3-5-24(22)26(25)41-17-19-6-9-23(10-7-19)32(33,34)35/h2-11,20-21,27H,12-18H2,1H3,(H,36,37)(H,38,39). The van der Waals surface area contributed by atoms with Gasteiger partial charge in [-0.3, -0.25) is 4.79 Å². The molecule has 9 heteroatoms. The van der Waals surface area contributed by atoms with Gasteiger partial charge in [0.05, 0.1) is 16.7 Å². The summed E-state index contributed by atoms with van der Waals surface area (Å²) in [5, 5.41) is 14.7. The van der Waals surface area contributed by atoms with E-state index in [9.17, 15) is 27.9 Å². The van der Waals surface area contributed by atoms with Crippen molar-refractivity contribution in [2.75, 3.05) is 7.11 Å². The van der Waals surface area contributed by atoms with Crippen LogP contribution in [0.25, 0.3) is 10.8 Å². The lowest BCUT2D eigenvalue weighted by molar-refractivity contribution is -0.193. The molecule has 3 aromatic carbocycles. The van der Waals surface area contributed by atoms with Crippen LogP contribution < -0.4 is 10.1 Å². The molecule has 4 saturated carbocycles. The molecule has 0 heterocycles. The minimum atomic E-state index is -4.44. The summed E-state index contributed by atoms with van der Waals surface area (Å²) in [5.41, 5.74) is -1.03. The number of fused-ring (bicyclic) bond motifs is 1. The highest BCUT2D eigenvalue weighted by Crippen LogP contribution is 2.63. The van der Waals surface area contributed by atoms with E-state index in [4.69, 9.17) is 9.47 Å². The Morgan fingerprint density at radius 3 is 2.32 bits per heavy atom. The molecule has 4 aliphatic carbocycles. The minimum Gasteiger partial charge on any atom is -0.487 e. The van der Waals surface area contributed by atoms with E-state index in [1.807, 2.05) is 12.1 Å². The molecule has 0 aromatic heterocycles. The molecule has 0 radical (unpaired) electrons. The van der Waals surface area contributed by atoms with Crippen LogP contribution in [0.3, 0.4) is 0 Å². The van der Waals surface area contributed by atoms with Crippen LogP contribution in [0, 0.1) is 17.3 Å². The number of hydrogen-bond acceptors (Lipinski definition) is 4. The number of alkyl halides is 3. The van der Waals surface area contributed by atoms with Crippen molar-refractivity contribution in [1.82, 2.24) is 5.32 Å². The maximum Gasteiger partial charge on any atom is 0.416 e. The summed E-state index contributed by atoms with van der Waals surface area (Å²) in [7, 11) is 1.70. The van der Waals surface area contributed by atoms with E-state index in [0.29, 0.717) is 29.2 Å². The largest absolute Gasteiger partial charge is 0.487 e. The molecule has 1 amide bonds. The molecule has 3 aromatic rings. The third-order valence-electron chi connectivity index (χ3n) is 9.41. The van der Waals surface area contributed by atoms with Gasteiger partial charge in [0.1, 0.15) is 18.4 Å². The smallest absolute Gasteiger partial charge is 0.416 e. The number of amides is 1. The average molecular weight is 568 g/mol. The normalized spacial score (nSPS) is 27.5. The maximum atomic E-state index is 13.8. The summed E-state index contributed by atoms with van der Waals surface area (Å²) >= 11 is 0. The Hall–Kier alpha value is -3.59. The first-order valence-electron chi connectivity index (χ1n) is 13.9. The van der Waals surface area contributed by atoms with Crippen LogP contribution in [0.15, 0.2) is 60.7 Å². The van der Waals surface area contributed by atoms with E-state index in [2.05, 4.69) is 5.32 Å². The molecule has 7 rings (SSSR count). The Balaban J connectivity index is 1.29. The van der Waals surface area contributed by atoms with Crippen molar-refractivity contribution in [3.05, 3.63) is 77.4 Å². The predicted octanol–water partition coefficient (Wildman–Crippen LogP) is 6.61. The van der Waals surface area contributed by atoms with Crippen LogP contribution in [0.5, 0.6) is 5.75 Å². The van der Waals surface area contributed by atoms with Gasteiger partial charge in [-0.15, -0.1) is 0 Å². The van der Waals surface area contributed by atoms with Crippen molar-refractivity contribution in [3.63, 3.8) is 0 Å². The number of ether oxygens (including phenoxy) is 2. The van der Waals surface area contributed by atoms with E-state index >= 15 is 0 Å². The van der Waals surface area contributed by atoms with Crippen molar-refractivity contribution in [3.8, 4) is 5.75 Å². The first-order chi connectivity index (χ1) is 19.5. The average Bonchev–Trinajstić information content (AvgIpc) is 2.93. The molecule has 6 nitrogen and oxygen atoms in total. The number of carbonyl (C=O) groups is 2. The molecule has 0 saturated heterocycles. The summed E-state index contributed by atoms with van der Waals surface area (Å²) in [4.78, 5) is 26.5. The summed E-state index contributed by atoms with van der Waals surface area (Å²) < 4.78 is 51.1. The Labute approximate surface area is 235 Å². The van der Waals surface area contributed by atoms with Gasteiger partial charge >= 0.3 is 12.1 Å². The number of halogens is 3. The second-order valence-corrected chi connectivity index (χ2v) is 12.1. The van der Waals surface area contributed by atoms with E-state index < -0.39 is 35.1 Å². The lowest BCUT2D eigenvalue weighted by atomic mass is 9.46. The summed E-state index contributed by atoms with van der Waals surface area (Å²) in [5.74, 6) is -0.632. The van der Waals surface area contributed by atoms with Crippen LogP contribution in [-0.2, 0) is 22.3 Å². The molecule has 41 heavy (non-hydrogen) atoms. The van der Waals surface area contributed by atoms with Crippen LogP contribution in [0.1, 0.15) is 60.0 Å². The fourth-order valence-corrected chi connectivity index (χ4v) is 8.03. The number of benzene rings is 3. The van der Waals surface area contributed by atoms with Gasteiger partial charge in [-0.1, -0.05) is 42.5 Å². The zero-order valence-electron chi connectivity index (χ0n) is 22.7.